The fourth-order valence-corrected chi connectivity index (χ4v) is 14.8. The van der Waals surface area contributed by atoms with Crippen molar-refractivity contribution < 1.29 is 4.42 Å². The quantitative estimate of drug-likeness (QED) is 0.125. The summed E-state index contributed by atoms with van der Waals surface area (Å²) in [6.07, 6.45) is 7.53. The van der Waals surface area contributed by atoms with Crippen LogP contribution >= 0.6 is 0 Å². The molecule has 0 fully saturated rings. The monoisotopic (exact) mass is 773 g/mol. The number of fused-ring (bicyclic) bond motifs is 10. The van der Waals surface area contributed by atoms with E-state index in [2.05, 4.69) is 204 Å². The van der Waals surface area contributed by atoms with E-state index in [1.165, 1.54) is 42.8 Å². The summed E-state index contributed by atoms with van der Waals surface area (Å²) in [4.78, 5) is 4.88. The van der Waals surface area contributed by atoms with Crippen molar-refractivity contribution in [1.82, 2.24) is 14.1 Å². The van der Waals surface area contributed by atoms with Crippen molar-refractivity contribution in [3.63, 3.8) is 0 Å². The van der Waals surface area contributed by atoms with Crippen molar-refractivity contribution in [3.8, 4) is 11.4 Å². The van der Waals surface area contributed by atoms with Crippen LogP contribution in [0.1, 0.15) is 18.2 Å². The van der Waals surface area contributed by atoms with E-state index < -0.39 is 8.07 Å². The molecule has 0 radical (unpaired) electrons. The fourth-order valence-electron chi connectivity index (χ4n) is 10.1. The van der Waals surface area contributed by atoms with E-state index in [0.717, 1.165) is 61.8 Å². The molecule has 0 aliphatic heterocycles. The predicted octanol–water partition coefficient (Wildman–Crippen LogP) is 10.6. The third kappa shape index (κ3) is 4.98. The Balaban J connectivity index is 1.08. The van der Waals surface area contributed by atoms with Crippen molar-refractivity contribution in [2.24, 2.45) is 5.92 Å². The van der Waals surface area contributed by atoms with Gasteiger partial charge in [-0.1, -0.05) is 146 Å². The SMILES string of the molecule is CC1C=Cc2c(n(-c3ccc([Si](c4ccccc4)(c4ccccc4)c4ccc(-n5c6ccccc6c6cccnc65)cc4)cc3)c3c2ccc2c4ccccc4oc23)C1. The molecule has 0 N–H and O–H groups in total. The van der Waals surface area contributed by atoms with E-state index in [1.54, 1.807) is 0 Å². The van der Waals surface area contributed by atoms with Gasteiger partial charge in [-0.2, -0.15) is 0 Å². The lowest BCUT2D eigenvalue weighted by Crippen LogP contribution is -2.74. The highest BCUT2D eigenvalue weighted by Crippen LogP contribution is 2.41. The van der Waals surface area contributed by atoms with Crippen molar-refractivity contribution >= 4 is 89.7 Å². The summed E-state index contributed by atoms with van der Waals surface area (Å²) in [5.41, 5.74) is 10.00. The van der Waals surface area contributed by atoms with Crippen LogP contribution in [0.4, 0.5) is 0 Å². The second-order valence-electron chi connectivity index (χ2n) is 16.0. The number of rotatable bonds is 6. The number of pyridine rings is 1. The van der Waals surface area contributed by atoms with Crippen molar-refractivity contribution in [1.29, 1.82) is 0 Å². The first-order chi connectivity index (χ1) is 29.2. The van der Waals surface area contributed by atoms with Crippen LogP contribution in [0.5, 0.6) is 0 Å². The molecule has 280 valence electrons. The zero-order valence-corrected chi connectivity index (χ0v) is 33.6. The number of para-hydroxylation sites is 2. The van der Waals surface area contributed by atoms with Gasteiger partial charge in [0, 0.05) is 55.8 Å². The Kier molecular flexibility index (Phi) is 7.56. The lowest BCUT2D eigenvalue weighted by Gasteiger charge is -2.34. The van der Waals surface area contributed by atoms with Crippen LogP contribution in [0, 0.1) is 5.92 Å². The molecule has 1 unspecified atom stereocenters. The Morgan fingerprint density at radius 3 is 1.81 bits per heavy atom. The maximum absolute atomic E-state index is 6.72. The zero-order chi connectivity index (χ0) is 39.1. The first-order valence-corrected chi connectivity index (χ1v) is 22.5. The maximum atomic E-state index is 6.72. The van der Waals surface area contributed by atoms with E-state index in [4.69, 9.17) is 9.40 Å². The van der Waals surface area contributed by atoms with Crippen LogP contribution in [-0.4, -0.2) is 22.2 Å². The van der Waals surface area contributed by atoms with Gasteiger partial charge < -0.3 is 8.98 Å². The van der Waals surface area contributed by atoms with Crippen LogP contribution < -0.4 is 20.7 Å². The molecule has 0 spiro atoms. The molecule has 5 heteroatoms. The van der Waals surface area contributed by atoms with Crippen molar-refractivity contribution in [2.45, 2.75) is 13.3 Å². The summed E-state index contributed by atoms with van der Waals surface area (Å²) in [5, 5.41) is 11.2. The van der Waals surface area contributed by atoms with Gasteiger partial charge in [0.05, 0.1) is 11.0 Å². The first-order valence-electron chi connectivity index (χ1n) is 20.5. The number of nitrogens with zero attached hydrogens (tertiary/aromatic N) is 3. The van der Waals surface area contributed by atoms with Gasteiger partial charge in [-0.15, -0.1) is 0 Å². The Morgan fingerprint density at radius 2 is 1.10 bits per heavy atom. The third-order valence-electron chi connectivity index (χ3n) is 12.7. The smallest absolute Gasteiger partial charge is 0.179 e. The lowest BCUT2D eigenvalue weighted by atomic mass is 9.94. The molecule has 4 aromatic heterocycles. The Bertz CT molecular complexity index is 3320. The molecule has 11 aromatic rings. The molecule has 0 saturated carbocycles. The topological polar surface area (TPSA) is 35.9 Å². The summed E-state index contributed by atoms with van der Waals surface area (Å²) in [7, 11) is -2.85. The fraction of sp³-hybridized carbons (Fsp3) is 0.0556. The first kappa shape index (κ1) is 33.9. The molecule has 0 amide bonds. The summed E-state index contributed by atoms with van der Waals surface area (Å²) < 4.78 is 11.5. The number of benzene rings is 7. The third-order valence-corrected chi connectivity index (χ3v) is 17.5. The van der Waals surface area contributed by atoms with Crippen LogP contribution in [0.3, 0.4) is 0 Å². The number of hydrogen-bond donors (Lipinski definition) is 0. The molecular weight excluding hydrogens is 735 g/mol. The highest BCUT2D eigenvalue weighted by molar-refractivity contribution is 7.19. The second kappa shape index (κ2) is 13.2. The second-order valence-corrected chi connectivity index (χ2v) is 19.8. The van der Waals surface area contributed by atoms with Gasteiger partial charge in [0.1, 0.15) is 11.2 Å². The maximum Gasteiger partial charge on any atom is 0.179 e. The summed E-state index contributed by atoms with van der Waals surface area (Å²) >= 11 is 0. The molecule has 0 saturated heterocycles. The van der Waals surface area contributed by atoms with Crippen LogP contribution in [0.2, 0.25) is 0 Å². The molecule has 59 heavy (non-hydrogen) atoms. The Hall–Kier alpha value is -7.21. The van der Waals surface area contributed by atoms with E-state index in [1.807, 2.05) is 12.3 Å². The van der Waals surface area contributed by atoms with Gasteiger partial charge in [0.15, 0.2) is 13.7 Å². The van der Waals surface area contributed by atoms with E-state index in [0.29, 0.717) is 5.92 Å². The zero-order valence-electron chi connectivity index (χ0n) is 32.6. The Morgan fingerprint density at radius 1 is 0.525 bits per heavy atom. The number of allylic oxidation sites excluding steroid dienone is 1. The van der Waals surface area contributed by atoms with Gasteiger partial charge >= 0.3 is 0 Å². The van der Waals surface area contributed by atoms with E-state index >= 15 is 0 Å². The normalized spacial score (nSPS) is 14.2. The molecule has 0 bridgehead atoms. The minimum Gasteiger partial charge on any atom is -0.454 e. The largest absolute Gasteiger partial charge is 0.454 e. The van der Waals surface area contributed by atoms with Crippen LogP contribution in [0.25, 0.3) is 72.2 Å². The van der Waals surface area contributed by atoms with Crippen LogP contribution in [-0.2, 0) is 6.42 Å². The Labute approximate surface area is 342 Å². The summed E-state index contributed by atoms with van der Waals surface area (Å²) in [5.74, 6) is 0.438. The van der Waals surface area contributed by atoms with Gasteiger partial charge in [0.25, 0.3) is 0 Å². The molecule has 1 aliphatic rings. The number of furan rings is 1. The van der Waals surface area contributed by atoms with Gasteiger partial charge in [-0.25, -0.2) is 4.98 Å². The summed E-state index contributed by atoms with van der Waals surface area (Å²) in [6, 6.07) is 67.0. The van der Waals surface area contributed by atoms with Gasteiger partial charge in [0.2, 0.25) is 0 Å². The minimum absolute atomic E-state index is 0.438. The van der Waals surface area contributed by atoms with Crippen molar-refractivity contribution in [2.75, 3.05) is 0 Å². The van der Waals surface area contributed by atoms with E-state index in [-0.39, 0.29) is 0 Å². The average molecular weight is 774 g/mol. The van der Waals surface area contributed by atoms with Gasteiger partial charge in [-0.05, 0) is 87.7 Å². The highest BCUT2D eigenvalue weighted by atomic mass is 28.3. The van der Waals surface area contributed by atoms with Crippen molar-refractivity contribution in [3.05, 3.63) is 206 Å². The summed E-state index contributed by atoms with van der Waals surface area (Å²) in [6.45, 7) is 2.31. The van der Waals surface area contributed by atoms with E-state index in [9.17, 15) is 0 Å². The standard InChI is InChI=1S/C54H39N3OSi/c1-36-22-31-44-46-32-33-47-45-18-9-11-21-51(45)58-53(47)52(46)56(50(44)35-36)37-23-27-41(28-24-37)59(39-13-4-2-5-14-39,40-15-6-3-7-16-40)42-29-25-38(26-30-42)57-49-20-10-8-17-43(49)48-19-12-34-55-54(48)57/h2-34,36H,35H2,1H3. The van der Waals surface area contributed by atoms with Gasteiger partial charge in [-0.3, -0.25) is 4.57 Å². The highest BCUT2D eigenvalue weighted by Gasteiger charge is 2.41. The molecule has 4 heterocycles. The molecule has 7 aromatic carbocycles. The predicted molar refractivity (Wildman–Crippen MR) is 248 cm³/mol. The molecule has 12 rings (SSSR count). The van der Waals surface area contributed by atoms with Crippen LogP contribution in [0.15, 0.2) is 199 Å². The molecule has 1 atom stereocenters. The molecular formula is C54H39N3OSi. The average Bonchev–Trinajstić information content (AvgIpc) is 3.96. The number of aromatic nitrogens is 3. The minimum atomic E-state index is -2.85. The molecule has 4 nitrogen and oxygen atoms in total. The lowest BCUT2D eigenvalue weighted by molar-refractivity contribution is 0.667. The number of hydrogen-bond acceptors (Lipinski definition) is 2. The molecule has 1 aliphatic carbocycles.